The molecule has 0 atom stereocenters. The van der Waals surface area contributed by atoms with Crippen LogP contribution in [-0.4, -0.2) is 48.6 Å². The summed E-state index contributed by atoms with van der Waals surface area (Å²) in [6.45, 7) is 1.07. The summed E-state index contributed by atoms with van der Waals surface area (Å²) < 4.78 is 19.0. The number of ether oxygens (including phenoxy) is 1. The van der Waals surface area contributed by atoms with Gasteiger partial charge in [0.05, 0.1) is 18.8 Å². The van der Waals surface area contributed by atoms with Gasteiger partial charge >= 0.3 is 6.03 Å². The predicted molar refractivity (Wildman–Crippen MR) is 132 cm³/mol. The fourth-order valence-electron chi connectivity index (χ4n) is 2.99. The molecule has 180 valence electrons. The van der Waals surface area contributed by atoms with Crippen LogP contribution < -0.4 is 10.6 Å². The highest BCUT2D eigenvalue weighted by atomic mass is 35.5. The fraction of sp³-hybridized carbons (Fsp3) is 0.261. The second-order valence-corrected chi connectivity index (χ2v) is 8.98. The summed E-state index contributed by atoms with van der Waals surface area (Å²) in [5, 5.41) is 8.65. The van der Waals surface area contributed by atoms with Crippen LogP contribution in [0.5, 0.6) is 0 Å². The number of aromatic nitrogens is 1. The summed E-state index contributed by atoms with van der Waals surface area (Å²) in [5.74, 6) is -0.859. The van der Waals surface area contributed by atoms with Gasteiger partial charge in [-0.25, -0.2) is 14.2 Å². The van der Waals surface area contributed by atoms with Crippen molar-refractivity contribution < 1.29 is 18.7 Å². The Bertz CT molecular complexity index is 1140. The average Bonchev–Trinajstić information content (AvgIpc) is 3.28. The van der Waals surface area contributed by atoms with Gasteiger partial charge in [0.2, 0.25) is 0 Å². The Labute approximate surface area is 210 Å². The summed E-state index contributed by atoms with van der Waals surface area (Å²) in [4.78, 5) is 31.0. The minimum atomic E-state index is -0.532. The Morgan fingerprint density at radius 1 is 1.21 bits per heavy atom. The van der Waals surface area contributed by atoms with Crippen molar-refractivity contribution in [3.8, 4) is 0 Å². The Morgan fingerprint density at radius 2 is 2.00 bits per heavy atom. The van der Waals surface area contributed by atoms with Crippen molar-refractivity contribution in [2.24, 2.45) is 0 Å². The van der Waals surface area contributed by atoms with Crippen LogP contribution in [0.4, 0.5) is 14.9 Å². The molecule has 3 rings (SSSR count). The summed E-state index contributed by atoms with van der Waals surface area (Å²) in [6.07, 6.45) is 0.541. The molecule has 3 amide bonds. The number of hydrogen-bond acceptors (Lipinski definition) is 5. The van der Waals surface area contributed by atoms with E-state index in [1.807, 2.05) is 6.07 Å². The van der Waals surface area contributed by atoms with Crippen LogP contribution in [0.1, 0.15) is 21.1 Å². The molecule has 0 aliphatic heterocycles. The molecule has 0 fully saturated rings. The zero-order valence-electron chi connectivity index (χ0n) is 18.3. The third kappa shape index (κ3) is 7.39. The van der Waals surface area contributed by atoms with E-state index in [2.05, 4.69) is 15.6 Å². The molecule has 0 aliphatic rings. The van der Waals surface area contributed by atoms with Crippen LogP contribution in [0.15, 0.2) is 47.8 Å². The Balaban J connectivity index is 1.58. The number of anilines is 1. The monoisotopic (exact) mass is 524 g/mol. The first-order chi connectivity index (χ1) is 16.4. The summed E-state index contributed by atoms with van der Waals surface area (Å²) in [6, 6.07) is 10.6. The predicted octanol–water partition coefficient (Wildman–Crippen LogP) is 5.24. The lowest BCUT2D eigenvalue weighted by atomic mass is 10.1. The van der Waals surface area contributed by atoms with E-state index >= 15 is 0 Å². The van der Waals surface area contributed by atoms with E-state index in [9.17, 15) is 14.0 Å². The van der Waals surface area contributed by atoms with E-state index < -0.39 is 11.8 Å². The number of nitrogens with zero attached hydrogens (tertiary/aromatic N) is 2. The van der Waals surface area contributed by atoms with Crippen molar-refractivity contribution >= 4 is 52.2 Å². The van der Waals surface area contributed by atoms with Gasteiger partial charge in [0.15, 0.2) is 0 Å². The number of thiazole rings is 1. The number of methoxy groups -OCH3 is 1. The van der Waals surface area contributed by atoms with E-state index in [0.717, 1.165) is 5.56 Å². The van der Waals surface area contributed by atoms with Crippen molar-refractivity contribution in [2.75, 3.05) is 32.1 Å². The van der Waals surface area contributed by atoms with E-state index in [1.165, 1.54) is 35.5 Å². The SMILES string of the molecule is COCCN(Cc1nc(C(=O)NCCc2ccc(Cl)cc2Cl)cs1)C(=O)Nc1ccccc1F. The number of hydrogen-bond donors (Lipinski definition) is 2. The number of nitrogens with one attached hydrogen (secondary N) is 2. The summed E-state index contributed by atoms with van der Waals surface area (Å²) in [5.41, 5.74) is 1.21. The van der Waals surface area contributed by atoms with Crippen molar-refractivity contribution in [2.45, 2.75) is 13.0 Å². The maximum absolute atomic E-state index is 13.9. The van der Waals surface area contributed by atoms with Gasteiger partial charge in [-0.05, 0) is 36.2 Å². The molecular weight excluding hydrogens is 502 g/mol. The minimum absolute atomic E-state index is 0.0786. The molecule has 3 aromatic rings. The van der Waals surface area contributed by atoms with E-state index in [1.54, 1.807) is 29.6 Å². The lowest BCUT2D eigenvalue weighted by Crippen LogP contribution is -2.37. The van der Waals surface area contributed by atoms with Gasteiger partial charge in [0.25, 0.3) is 5.91 Å². The van der Waals surface area contributed by atoms with E-state index in [-0.39, 0.29) is 37.0 Å². The third-order valence-corrected chi connectivity index (χ3v) is 6.19. The molecule has 0 saturated carbocycles. The van der Waals surface area contributed by atoms with Gasteiger partial charge in [-0.1, -0.05) is 41.4 Å². The quantitative estimate of drug-likeness (QED) is 0.379. The normalized spacial score (nSPS) is 10.7. The van der Waals surface area contributed by atoms with Gasteiger partial charge in [-0.3, -0.25) is 4.79 Å². The zero-order valence-corrected chi connectivity index (χ0v) is 20.6. The second kappa shape index (κ2) is 12.7. The molecule has 0 spiro atoms. The number of carbonyl (C=O) groups is 2. The van der Waals surface area contributed by atoms with Gasteiger partial charge < -0.3 is 20.3 Å². The number of halogens is 3. The van der Waals surface area contributed by atoms with Gasteiger partial charge in [0, 0.05) is 35.6 Å². The van der Waals surface area contributed by atoms with Crippen LogP contribution in [-0.2, 0) is 17.7 Å². The highest BCUT2D eigenvalue weighted by Gasteiger charge is 2.18. The highest BCUT2D eigenvalue weighted by molar-refractivity contribution is 7.09. The zero-order chi connectivity index (χ0) is 24.5. The number of benzene rings is 2. The largest absolute Gasteiger partial charge is 0.383 e. The maximum atomic E-state index is 13.9. The number of rotatable bonds is 10. The lowest BCUT2D eigenvalue weighted by Gasteiger charge is -2.22. The minimum Gasteiger partial charge on any atom is -0.383 e. The Morgan fingerprint density at radius 3 is 2.74 bits per heavy atom. The fourth-order valence-corrected chi connectivity index (χ4v) is 4.28. The summed E-state index contributed by atoms with van der Waals surface area (Å²) in [7, 11) is 1.52. The standard InChI is InChI=1S/C23H23Cl2FN4O3S/c1-33-11-10-30(23(32)29-19-5-3-2-4-18(19)26)13-21-28-20(14-34-21)22(31)27-9-8-15-6-7-16(24)12-17(15)25/h2-7,12,14H,8-11,13H2,1H3,(H,27,31)(H,29,32). The van der Waals surface area contributed by atoms with Crippen molar-refractivity contribution in [3.05, 3.63) is 80.0 Å². The molecule has 7 nitrogen and oxygen atoms in total. The number of para-hydroxylation sites is 1. The van der Waals surface area contributed by atoms with Crippen molar-refractivity contribution in [3.63, 3.8) is 0 Å². The maximum Gasteiger partial charge on any atom is 0.322 e. The topological polar surface area (TPSA) is 83.6 Å². The molecule has 11 heteroatoms. The molecule has 1 aromatic heterocycles. The molecule has 0 unspecified atom stereocenters. The van der Waals surface area contributed by atoms with Crippen LogP contribution in [0.3, 0.4) is 0 Å². The van der Waals surface area contributed by atoms with Crippen LogP contribution in [0.25, 0.3) is 0 Å². The first-order valence-electron chi connectivity index (χ1n) is 10.3. The van der Waals surface area contributed by atoms with E-state index in [0.29, 0.717) is 28.0 Å². The number of carbonyl (C=O) groups excluding carboxylic acids is 2. The van der Waals surface area contributed by atoms with Crippen molar-refractivity contribution in [1.82, 2.24) is 15.2 Å². The summed E-state index contributed by atoms with van der Waals surface area (Å²) >= 11 is 13.3. The average molecular weight is 525 g/mol. The molecular formula is C23H23Cl2FN4O3S. The second-order valence-electron chi connectivity index (χ2n) is 7.19. The number of urea groups is 1. The molecule has 1 heterocycles. The Kier molecular flexibility index (Phi) is 9.64. The van der Waals surface area contributed by atoms with Crippen LogP contribution in [0, 0.1) is 5.82 Å². The van der Waals surface area contributed by atoms with E-state index in [4.69, 9.17) is 27.9 Å². The van der Waals surface area contributed by atoms with Crippen LogP contribution >= 0.6 is 34.5 Å². The Hall–Kier alpha value is -2.72. The van der Waals surface area contributed by atoms with Crippen molar-refractivity contribution in [1.29, 1.82) is 0 Å². The van der Waals surface area contributed by atoms with Gasteiger partial charge in [-0.2, -0.15) is 0 Å². The molecule has 2 N–H and O–H groups in total. The van der Waals surface area contributed by atoms with Gasteiger partial charge in [0.1, 0.15) is 16.5 Å². The molecule has 0 saturated heterocycles. The molecule has 0 aliphatic carbocycles. The number of amides is 3. The lowest BCUT2D eigenvalue weighted by molar-refractivity contribution is 0.0949. The molecule has 34 heavy (non-hydrogen) atoms. The molecule has 0 radical (unpaired) electrons. The highest BCUT2D eigenvalue weighted by Crippen LogP contribution is 2.21. The van der Waals surface area contributed by atoms with Gasteiger partial charge in [-0.15, -0.1) is 11.3 Å². The molecule has 0 bridgehead atoms. The first kappa shape index (κ1) is 25.9. The first-order valence-corrected chi connectivity index (χ1v) is 12.0. The third-order valence-electron chi connectivity index (χ3n) is 4.77. The smallest absolute Gasteiger partial charge is 0.322 e. The van der Waals surface area contributed by atoms with Crippen LogP contribution in [0.2, 0.25) is 10.0 Å². The molecule has 2 aromatic carbocycles.